The summed E-state index contributed by atoms with van der Waals surface area (Å²) in [6.45, 7) is 2.14. The molecule has 0 aliphatic carbocycles. The number of piperidine rings is 1. The van der Waals surface area contributed by atoms with E-state index in [0.717, 1.165) is 35.8 Å². The molecule has 1 aromatic carbocycles. The SMILES string of the molecule is COc1ccc(C(=O)N2CCSC23CCN(C(=O)c2cccs2)CC3)cc1. The Morgan fingerprint density at radius 3 is 2.41 bits per heavy atom. The minimum Gasteiger partial charge on any atom is -0.497 e. The van der Waals surface area contributed by atoms with E-state index in [0.29, 0.717) is 18.7 Å². The predicted octanol–water partition coefficient (Wildman–Crippen LogP) is 3.58. The van der Waals surface area contributed by atoms with E-state index >= 15 is 0 Å². The first-order valence-corrected chi connectivity index (χ1v) is 10.9. The number of rotatable bonds is 3. The van der Waals surface area contributed by atoms with Gasteiger partial charge in [-0.1, -0.05) is 6.07 Å². The fourth-order valence-electron chi connectivity index (χ4n) is 3.81. The van der Waals surface area contributed by atoms with Crippen molar-refractivity contribution in [2.24, 2.45) is 0 Å². The first-order valence-electron chi connectivity index (χ1n) is 9.06. The highest BCUT2D eigenvalue weighted by molar-refractivity contribution is 8.00. The van der Waals surface area contributed by atoms with Crippen LogP contribution in [0.25, 0.3) is 0 Å². The molecule has 2 amide bonds. The number of thiophene rings is 1. The van der Waals surface area contributed by atoms with Crippen LogP contribution in [0, 0.1) is 0 Å². The Balaban J connectivity index is 1.46. The number of carbonyl (C=O) groups is 2. The van der Waals surface area contributed by atoms with Crippen molar-refractivity contribution in [3.8, 4) is 5.75 Å². The molecule has 4 rings (SSSR count). The van der Waals surface area contributed by atoms with Crippen LogP contribution in [0.5, 0.6) is 5.75 Å². The van der Waals surface area contributed by atoms with Crippen molar-refractivity contribution >= 4 is 34.9 Å². The number of carbonyl (C=O) groups excluding carboxylic acids is 2. The van der Waals surface area contributed by atoms with Crippen LogP contribution in [0.2, 0.25) is 0 Å². The number of thioether (sulfide) groups is 1. The fourth-order valence-corrected chi connectivity index (χ4v) is 5.96. The zero-order valence-electron chi connectivity index (χ0n) is 15.2. The van der Waals surface area contributed by atoms with Crippen molar-refractivity contribution in [2.75, 3.05) is 32.5 Å². The first-order chi connectivity index (χ1) is 13.1. The Kier molecular flexibility index (Phi) is 5.14. The van der Waals surface area contributed by atoms with Gasteiger partial charge < -0.3 is 14.5 Å². The van der Waals surface area contributed by atoms with Gasteiger partial charge in [0.1, 0.15) is 5.75 Å². The average Bonchev–Trinajstić information content (AvgIpc) is 3.38. The summed E-state index contributed by atoms with van der Waals surface area (Å²) in [7, 11) is 1.62. The van der Waals surface area contributed by atoms with Gasteiger partial charge in [0.25, 0.3) is 11.8 Å². The molecule has 0 radical (unpaired) electrons. The summed E-state index contributed by atoms with van der Waals surface area (Å²) in [6.07, 6.45) is 1.63. The molecular formula is C20H22N2O3S2. The lowest BCUT2D eigenvalue weighted by atomic mass is 10.0. The second kappa shape index (κ2) is 7.56. The monoisotopic (exact) mass is 402 g/mol. The van der Waals surface area contributed by atoms with E-state index in [1.54, 1.807) is 7.11 Å². The molecule has 0 N–H and O–H groups in total. The number of methoxy groups -OCH3 is 1. The van der Waals surface area contributed by atoms with Crippen LogP contribution in [-0.2, 0) is 0 Å². The second-order valence-electron chi connectivity index (χ2n) is 6.75. The van der Waals surface area contributed by atoms with Gasteiger partial charge >= 0.3 is 0 Å². The van der Waals surface area contributed by atoms with Crippen LogP contribution >= 0.6 is 23.1 Å². The lowest BCUT2D eigenvalue weighted by Crippen LogP contribution is -2.53. The molecule has 7 heteroatoms. The smallest absolute Gasteiger partial charge is 0.263 e. The van der Waals surface area contributed by atoms with E-state index in [1.165, 1.54) is 11.3 Å². The summed E-state index contributed by atoms with van der Waals surface area (Å²) in [6, 6.07) is 11.1. The predicted molar refractivity (Wildman–Crippen MR) is 109 cm³/mol. The van der Waals surface area contributed by atoms with Crippen molar-refractivity contribution in [1.82, 2.24) is 9.80 Å². The number of ether oxygens (including phenoxy) is 1. The molecule has 1 aromatic heterocycles. The van der Waals surface area contributed by atoms with Gasteiger partial charge in [-0.3, -0.25) is 9.59 Å². The number of nitrogens with zero attached hydrogens (tertiary/aromatic N) is 2. The summed E-state index contributed by atoms with van der Waals surface area (Å²) < 4.78 is 5.18. The largest absolute Gasteiger partial charge is 0.497 e. The zero-order chi connectivity index (χ0) is 18.9. The van der Waals surface area contributed by atoms with Gasteiger partial charge in [0, 0.05) is 31.0 Å². The maximum atomic E-state index is 13.1. The summed E-state index contributed by atoms with van der Waals surface area (Å²) in [4.78, 5) is 30.3. The molecule has 0 saturated carbocycles. The highest BCUT2D eigenvalue weighted by Gasteiger charge is 2.47. The molecule has 0 bridgehead atoms. The van der Waals surface area contributed by atoms with Gasteiger partial charge in [-0.05, 0) is 48.6 Å². The lowest BCUT2D eigenvalue weighted by Gasteiger charge is -2.44. The van der Waals surface area contributed by atoms with Crippen molar-refractivity contribution in [1.29, 1.82) is 0 Å². The van der Waals surface area contributed by atoms with Crippen molar-refractivity contribution in [3.63, 3.8) is 0 Å². The van der Waals surface area contributed by atoms with E-state index in [-0.39, 0.29) is 16.7 Å². The van der Waals surface area contributed by atoms with Crippen LogP contribution in [0.15, 0.2) is 41.8 Å². The number of likely N-dealkylation sites (tertiary alicyclic amines) is 1. The van der Waals surface area contributed by atoms with Crippen LogP contribution in [-0.4, -0.2) is 59.0 Å². The molecule has 0 unspecified atom stereocenters. The Morgan fingerprint density at radius 2 is 1.78 bits per heavy atom. The zero-order valence-corrected chi connectivity index (χ0v) is 16.9. The van der Waals surface area contributed by atoms with Crippen molar-refractivity contribution in [2.45, 2.75) is 17.7 Å². The first kappa shape index (κ1) is 18.4. The third kappa shape index (κ3) is 3.46. The highest BCUT2D eigenvalue weighted by Crippen LogP contribution is 2.44. The molecule has 3 heterocycles. The van der Waals surface area contributed by atoms with Crippen LogP contribution < -0.4 is 4.74 Å². The van der Waals surface area contributed by atoms with Gasteiger partial charge in [-0.2, -0.15) is 0 Å². The summed E-state index contributed by atoms with van der Waals surface area (Å²) >= 11 is 3.34. The van der Waals surface area contributed by atoms with Gasteiger partial charge in [-0.25, -0.2) is 0 Å². The van der Waals surface area contributed by atoms with Crippen LogP contribution in [0.1, 0.15) is 32.9 Å². The average molecular weight is 403 g/mol. The summed E-state index contributed by atoms with van der Waals surface area (Å²) in [5.74, 6) is 1.87. The molecule has 2 saturated heterocycles. The third-order valence-corrected chi connectivity index (χ3v) is 7.73. The fraction of sp³-hybridized carbons (Fsp3) is 0.400. The molecular weight excluding hydrogens is 380 g/mol. The minimum atomic E-state index is -0.191. The maximum Gasteiger partial charge on any atom is 0.263 e. The van der Waals surface area contributed by atoms with Crippen molar-refractivity contribution < 1.29 is 14.3 Å². The van der Waals surface area contributed by atoms with E-state index in [2.05, 4.69) is 0 Å². The summed E-state index contributed by atoms with van der Waals surface area (Å²) in [5.41, 5.74) is 0.690. The highest BCUT2D eigenvalue weighted by atomic mass is 32.2. The van der Waals surface area contributed by atoms with E-state index in [1.807, 2.05) is 63.3 Å². The van der Waals surface area contributed by atoms with Crippen LogP contribution in [0.4, 0.5) is 0 Å². The Morgan fingerprint density at radius 1 is 1.04 bits per heavy atom. The molecule has 0 atom stereocenters. The molecule has 1 spiro atoms. The molecule has 2 fully saturated rings. The van der Waals surface area contributed by atoms with Crippen molar-refractivity contribution in [3.05, 3.63) is 52.2 Å². The van der Waals surface area contributed by atoms with Gasteiger partial charge in [-0.15, -0.1) is 23.1 Å². The minimum absolute atomic E-state index is 0.0701. The summed E-state index contributed by atoms with van der Waals surface area (Å²) in [5, 5.41) is 1.93. The van der Waals surface area contributed by atoms with E-state index in [4.69, 9.17) is 4.74 Å². The third-order valence-electron chi connectivity index (χ3n) is 5.32. The number of hydrogen-bond donors (Lipinski definition) is 0. The van der Waals surface area contributed by atoms with Crippen LogP contribution in [0.3, 0.4) is 0 Å². The molecule has 2 aliphatic rings. The van der Waals surface area contributed by atoms with Gasteiger partial charge in [0.2, 0.25) is 0 Å². The topological polar surface area (TPSA) is 49.9 Å². The molecule has 2 aliphatic heterocycles. The van der Waals surface area contributed by atoms with E-state index < -0.39 is 0 Å². The normalized spacial score (nSPS) is 18.7. The quantitative estimate of drug-likeness (QED) is 0.787. The Hall–Kier alpha value is -1.99. The maximum absolute atomic E-state index is 13.1. The molecule has 142 valence electrons. The molecule has 27 heavy (non-hydrogen) atoms. The number of benzene rings is 1. The Labute approximate surface area is 167 Å². The lowest BCUT2D eigenvalue weighted by molar-refractivity contribution is 0.0500. The van der Waals surface area contributed by atoms with Gasteiger partial charge in [0.05, 0.1) is 16.9 Å². The molecule has 2 aromatic rings. The standard InChI is InChI=1S/C20H22N2O3S2/c1-25-16-6-4-15(5-7-16)18(23)22-12-14-27-20(22)8-10-21(11-9-20)19(24)17-3-2-13-26-17/h2-7,13H,8-12,14H2,1H3. The molecule has 5 nitrogen and oxygen atoms in total. The Bertz CT molecular complexity index is 812. The van der Waals surface area contributed by atoms with E-state index in [9.17, 15) is 9.59 Å². The second-order valence-corrected chi connectivity index (χ2v) is 9.15. The number of hydrogen-bond acceptors (Lipinski definition) is 5. The van der Waals surface area contributed by atoms with Gasteiger partial charge in [0.15, 0.2) is 0 Å². The number of amides is 2.